The fourth-order valence-corrected chi connectivity index (χ4v) is 5.39. The number of amides is 1. The molecule has 1 aromatic carbocycles. The van der Waals surface area contributed by atoms with E-state index in [1.165, 1.54) is 25.1 Å². The van der Waals surface area contributed by atoms with E-state index in [4.69, 9.17) is 0 Å². The summed E-state index contributed by atoms with van der Waals surface area (Å²) in [6.45, 7) is 1.47. The molecule has 184 valence electrons. The molecule has 8 nitrogen and oxygen atoms in total. The van der Waals surface area contributed by atoms with Gasteiger partial charge in [-0.3, -0.25) is 4.79 Å². The number of hydrogen-bond donors (Lipinski definition) is 1. The summed E-state index contributed by atoms with van der Waals surface area (Å²) in [6, 6.07) is 9.12. The van der Waals surface area contributed by atoms with Gasteiger partial charge in [0.1, 0.15) is 23.4 Å². The number of carbonyl (C=O) groups is 1. The first kappa shape index (κ1) is 24.7. The van der Waals surface area contributed by atoms with Crippen LogP contribution < -0.4 is 5.32 Å². The Hall–Kier alpha value is -3.45. The van der Waals surface area contributed by atoms with Crippen LogP contribution in [0.1, 0.15) is 24.7 Å². The van der Waals surface area contributed by atoms with Crippen LogP contribution in [0.3, 0.4) is 0 Å². The number of nitrogens with zero attached hydrogens (tertiary/aromatic N) is 4. The first-order valence-corrected chi connectivity index (χ1v) is 11.8. The molecular formula is C22H19F4N5O3S. The Morgan fingerprint density at radius 1 is 1.11 bits per heavy atom. The third-order valence-corrected chi connectivity index (χ3v) is 7.73. The molecule has 1 aliphatic rings. The maximum Gasteiger partial charge on any atom is 0.433 e. The van der Waals surface area contributed by atoms with Crippen molar-refractivity contribution in [2.45, 2.75) is 36.5 Å². The van der Waals surface area contributed by atoms with Crippen molar-refractivity contribution < 1.29 is 30.8 Å². The van der Waals surface area contributed by atoms with Crippen LogP contribution in [0.5, 0.6) is 0 Å². The Morgan fingerprint density at radius 2 is 1.83 bits per heavy atom. The normalized spacial score (nSPS) is 18.7. The lowest BCUT2D eigenvalue weighted by Crippen LogP contribution is -2.67. The van der Waals surface area contributed by atoms with Gasteiger partial charge in [-0.05, 0) is 55.8 Å². The van der Waals surface area contributed by atoms with Crippen molar-refractivity contribution in [3.05, 3.63) is 72.1 Å². The molecule has 0 aliphatic carbocycles. The van der Waals surface area contributed by atoms with Crippen LogP contribution >= 0.6 is 0 Å². The molecule has 1 N–H and O–H groups in total. The van der Waals surface area contributed by atoms with E-state index >= 15 is 0 Å². The monoisotopic (exact) mass is 509 g/mol. The third kappa shape index (κ3) is 4.86. The Labute approximate surface area is 198 Å². The highest BCUT2D eigenvalue weighted by atomic mass is 32.2. The second kappa shape index (κ2) is 8.96. The predicted octanol–water partition coefficient (Wildman–Crippen LogP) is 3.17. The van der Waals surface area contributed by atoms with Crippen LogP contribution in [0.25, 0.3) is 11.4 Å². The maximum absolute atomic E-state index is 13.2. The van der Waals surface area contributed by atoms with Crippen molar-refractivity contribution >= 4 is 15.9 Å². The van der Waals surface area contributed by atoms with Crippen molar-refractivity contribution in [1.29, 1.82) is 0 Å². The molecule has 13 heteroatoms. The average Bonchev–Trinajstić information content (AvgIpc) is 2.81. The van der Waals surface area contributed by atoms with Gasteiger partial charge >= 0.3 is 6.18 Å². The number of halogens is 4. The Balaban J connectivity index is 1.48. The summed E-state index contributed by atoms with van der Waals surface area (Å²) >= 11 is 0. The number of aromatic nitrogens is 3. The smallest absolute Gasteiger partial charge is 0.349 e. The van der Waals surface area contributed by atoms with E-state index in [0.717, 1.165) is 41.0 Å². The molecule has 2 aromatic heterocycles. The molecule has 0 unspecified atom stereocenters. The molecule has 3 aromatic rings. The minimum absolute atomic E-state index is 0.0164. The quantitative estimate of drug-likeness (QED) is 0.512. The molecule has 3 heterocycles. The van der Waals surface area contributed by atoms with E-state index in [1.807, 2.05) is 0 Å². The molecule has 1 fully saturated rings. The van der Waals surface area contributed by atoms with Crippen molar-refractivity contribution in [3.63, 3.8) is 0 Å². The first-order chi connectivity index (χ1) is 16.4. The standard InChI is InChI=1S/C22H19F4N5O3S/c1-21(9-10-31(21)35(33,34)16-7-5-14(23)6-8-16)20(32)27-12-15-11-18(29-13-28-15)17-3-2-4-19(30-17)22(24,25)26/h2-8,11,13H,9-10,12H2,1H3,(H,27,32)/t21-/m0/s1. The SMILES string of the molecule is C[C@@]1(C(=O)NCc2cc(-c3cccc(C(F)(F)F)n3)ncn2)CCN1S(=O)(=O)c1ccc(F)cc1. The van der Waals surface area contributed by atoms with Gasteiger partial charge in [0.25, 0.3) is 0 Å². The first-order valence-electron chi connectivity index (χ1n) is 10.3. The van der Waals surface area contributed by atoms with Gasteiger partial charge in [0.05, 0.1) is 28.5 Å². The summed E-state index contributed by atoms with van der Waals surface area (Å²) in [5.41, 5.74) is -2.03. The summed E-state index contributed by atoms with van der Waals surface area (Å²) in [7, 11) is -4.03. The van der Waals surface area contributed by atoms with Gasteiger partial charge in [0.2, 0.25) is 15.9 Å². The zero-order chi connectivity index (χ0) is 25.4. The molecule has 1 atom stereocenters. The number of sulfonamides is 1. The van der Waals surface area contributed by atoms with Crippen LogP contribution in [0.4, 0.5) is 17.6 Å². The lowest BCUT2D eigenvalue weighted by molar-refractivity contribution is -0.141. The number of nitrogens with one attached hydrogen (secondary N) is 1. The average molecular weight is 509 g/mol. The highest BCUT2D eigenvalue weighted by Gasteiger charge is 2.53. The van der Waals surface area contributed by atoms with E-state index in [0.29, 0.717) is 5.69 Å². The third-order valence-electron chi connectivity index (χ3n) is 5.70. The van der Waals surface area contributed by atoms with Crippen molar-refractivity contribution in [2.75, 3.05) is 6.54 Å². The molecule has 1 amide bonds. The second-order valence-corrected chi connectivity index (χ2v) is 9.90. The summed E-state index contributed by atoms with van der Waals surface area (Å²) in [5.74, 6) is -1.16. The highest BCUT2D eigenvalue weighted by molar-refractivity contribution is 7.89. The van der Waals surface area contributed by atoms with Crippen molar-refractivity contribution in [3.8, 4) is 11.4 Å². The maximum atomic E-state index is 13.2. The van der Waals surface area contributed by atoms with Gasteiger partial charge in [0, 0.05) is 6.54 Å². The van der Waals surface area contributed by atoms with Crippen LogP contribution in [-0.2, 0) is 27.5 Å². The summed E-state index contributed by atoms with van der Waals surface area (Å²) in [4.78, 5) is 24.3. The van der Waals surface area contributed by atoms with Crippen LogP contribution in [0, 0.1) is 5.82 Å². The Kier molecular flexibility index (Phi) is 6.32. The van der Waals surface area contributed by atoms with Crippen LogP contribution in [-0.4, -0.2) is 45.7 Å². The minimum atomic E-state index is -4.61. The van der Waals surface area contributed by atoms with Crippen LogP contribution in [0.2, 0.25) is 0 Å². The largest absolute Gasteiger partial charge is 0.433 e. The van der Waals surface area contributed by atoms with Gasteiger partial charge in [0.15, 0.2) is 0 Å². The molecule has 1 aliphatic heterocycles. The van der Waals surface area contributed by atoms with E-state index in [2.05, 4.69) is 20.3 Å². The minimum Gasteiger partial charge on any atom is -0.349 e. The van der Waals surface area contributed by atoms with Gasteiger partial charge in [-0.1, -0.05) is 6.07 Å². The molecule has 1 saturated heterocycles. The Bertz CT molecular complexity index is 1370. The second-order valence-electron chi connectivity index (χ2n) is 8.04. The molecule has 0 saturated carbocycles. The number of carbonyl (C=O) groups excluding carboxylic acids is 1. The Morgan fingerprint density at radius 3 is 2.46 bits per heavy atom. The lowest BCUT2D eigenvalue weighted by atomic mass is 9.89. The molecule has 0 spiro atoms. The molecule has 0 radical (unpaired) electrons. The number of pyridine rings is 1. The molecular weight excluding hydrogens is 490 g/mol. The highest BCUT2D eigenvalue weighted by Crippen LogP contribution is 2.36. The van der Waals surface area contributed by atoms with E-state index < -0.39 is 39.2 Å². The molecule has 35 heavy (non-hydrogen) atoms. The number of rotatable bonds is 6. The zero-order valence-electron chi connectivity index (χ0n) is 18.3. The van der Waals surface area contributed by atoms with E-state index in [9.17, 15) is 30.8 Å². The van der Waals surface area contributed by atoms with Crippen molar-refractivity contribution in [2.24, 2.45) is 0 Å². The van der Waals surface area contributed by atoms with Gasteiger partial charge in [-0.15, -0.1) is 0 Å². The van der Waals surface area contributed by atoms with Gasteiger partial charge < -0.3 is 5.32 Å². The summed E-state index contributed by atoms with van der Waals surface area (Å²) in [6.07, 6.45) is -3.21. The predicted molar refractivity (Wildman–Crippen MR) is 115 cm³/mol. The summed E-state index contributed by atoms with van der Waals surface area (Å²) < 4.78 is 79.0. The van der Waals surface area contributed by atoms with Gasteiger partial charge in [-0.25, -0.2) is 27.8 Å². The fraction of sp³-hybridized carbons (Fsp3) is 0.273. The zero-order valence-corrected chi connectivity index (χ0v) is 19.1. The molecule has 0 bridgehead atoms. The fourth-order valence-electron chi connectivity index (χ4n) is 3.62. The number of hydrogen-bond acceptors (Lipinski definition) is 6. The number of alkyl halides is 3. The lowest BCUT2D eigenvalue weighted by Gasteiger charge is -2.47. The van der Waals surface area contributed by atoms with Gasteiger partial charge in [-0.2, -0.15) is 17.5 Å². The molecule has 4 rings (SSSR count). The number of benzene rings is 1. The topological polar surface area (TPSA) is 105 Å². The van der Waals surface area contributed by atoms with E-state index in [1.54, 1.807) is 0 Å². The van der Waals surface area contributed by atoms with E-state index in [-0.39, 0.29) is 35.8 Å². The summed E-state index contributed by atoms with van der Waals surface area (Å²) in [5, 5.41) is 2.62. The van der Waals surface area contributed by atoms with Crippen LogP contribution in [0.15, 0.2) is 59.8 Å². The van der Waals surface area contributed by atoms with Crippen molar-refractivity contribution in [1.82, 2.24) is 24.6 Å².